The second-order valence-corrected chi connectivity index (χ2v) is 8.13. The summed E-state index contributed by atoms with van der Waals surface area (Å²) < 4.78 is 0. The Kier molecular flexibility index (Phi) is 6.93. The third-order valence-electron chi connectivity index (χ3n) is 4.36. The first kappa shape index (κ1) is 20.1. The fraction of sp³-hybridized carbons (Fsp3) is 0.476. The van der Waals surface area contributed by atoms with E-state index in [1.807, 2.05) is 6.92 Å². The smallest absolute Gasteiger partial charge is 0.265 e. The normalized spacial score (nSPS) is 10.8. The molecule has 0 saturated heterocycles. The molecule has 0 aliphatic rings. The predicted octanol–water partition coefficient (Wildman–Crippen LogP) is 5.14. The van der Waals surface area contributed by atoms with Crippen LogP contribution < -0.4 is 0 Å². The maximum atomic E-state index is 13.1. The predicted molar refractivity (Wildman–Crippen MR) is 107 cm³/mol. The van der Waals surface area contributed by atoms with Crippen LogP contribution in [-0.2, 0) is 0 Å². The molecular weight excluding hydrogens is 342 g/mol. The molecule has 0 fully saturated rings. The molecule has 26 heavy (non-hydrogen) atoms. The van der Waals surface area contributed by atoms with Crippen LogP contribution in [0.4, 0.5) is 0 Å². The number of carbonyl (C=O) groups excluding carboxylic acids is 1. The number of amides is 1. The average Bonchev–Trinajstić information content (AvgIpc) is 2.95. The molecule has 0 bridgehead atoms. The van der Waals surface area contributed by atoms with Gasteiger partial charge in [0.1, 0.15) is 9.88 Å². The minimum absolute atomic E-state index is 0.00749. The highest BCUT2D eigenvalue weighted by Gasteiger charge is 2.22. The Morgan fingerprint density at radius 2 is 2.00 bits per heavy atom. The third kappa shape index (κ3) is 4.92. The Balaban J connectivity index is 2.29. The number of aryl methyl sites for hydroxylation is 3. The highest BCUT2D eigenvalue weighted by molar-refractivity contribution is 7.17. The van der Waals surface area contributed by atoms with Gasteiger partial charge in [-0.1, -0.05) is 37.6 Å². The molecule has 138 valence electrons. The number of hydrogen-bond acceptors (Lipinski definition) is 4. The van der Waals surface area contributed by atoms with Crippen LogP contribution >= 0.6 is 11.3 Å². The maximum Gasteiger partial charge on any atom is 0.265 e. The molecule has 0 radical (unpaired) electrons. The summed E-state index contributed by atoms with van der Waals surface area (Å²) in [5, 5.41) is 9.79. The summed E-state index contributed by atoms with van der Waals surface area (Å²) in [5.41, 5.74) is 4.22. The highest BCUT2D eigenvalue weighted by atomic mass is 32.1. The second kappa shape index (κ2) is 8.95. The van der Waals surface area contributed by atoms with E-state index in [1.165, 1.54) is 22.5 Å². The van der Waals surface area contributed by atoms with Crippen LogP contribution in [0.25, 0.3) is 10.6 Å². The zero-order valence-corrected chi connectivity index (χ0v) is 17.1. The van der Waals surface area contributed by atoms with Crippen molar-refractivity contribution in [3.63, 3.8) is 0 Å². The standard InChI is InChI=1S/C21H27N3OS/c1-14(2)9-12-24(11-6-10-22)21(25)19-17(5)23-20(26-19)18-8-7-15(3)13-16(18)4/h7-8,13-14H,6,9,11-12H2,1-5H3. The second-order valence-electron chi connectivity index (χ2n) is 7.13. The molecule has 1 aromatic heterocycles. The maximum absolute atomic E-state index is 13.1. The summed E-state index contributed by atoms with van der Waals surface area (Å²) >= 11 is 1.45. The van der Waals surface area contributed by atoms with Crippen molar-refractivity contribution in [1.82, 2.24) is 9.88 Å². The van der Waals surface area contributed by atoms with Gasteiger partial charge < -0.3 is 4.90 Å². The monoisotopic (exact) mass is 369 g/mol. The SMILES string of the molecule is Cc1ccc(-c2nc(C)c(C(=O)N(CCC#N)CCC(C)C)s2)c(C)c1. The Morgan fingerprint density at radius 1 is 1.27 bits per heavy atom. The first-order valence-corrected chi connectivity index (χ1v) is 9.86. The minimum Gasteiger partial charge on any atom is -0.337 e. The first-order valence-electron chi connectivity index (χ1n) is 9.04. The van der Waals surface area contributed by atoms with Crippen molar-refractivity contribution in [1.29, 1.82) is 5.26 Å². The van der Waals surface area contributed by atoms with E-state index < -0.39 is 0 Å². The molecule has 2 aromatic rings. The summed E-state index contributed by atoms with van der Waals surface area (Å²) in [5.74, 6) is 0.507. The van der Waals surface area contributed by atoms with E-state index in [-0.39, 0.29) is 5.91 Å². The van der Waals surface area contributed by atoms with Crippen molar-refractivity contribution in [3.05, 3.63) is 39.9 Å². The van der Waals surface area contributed by atoms with Crippen LogP contribution in [0.3, 0.4) is 0 Å². The van der Waals surface area contributed by atoms with Crippen molar-refractivity contribution >= 4 is 17.2 Å². The van der Waals surface area contributed by atoms with Gasteiger partial charge in [-0.05, 0) is 38.7 Å². The number of thiazole rings is 1. The molecule has 0 unspecified atom stereocenters. The number of nitrogens with zero attached hydrogens (tertiary/aromatic N) is 3. The number of benzene rings is 1. The zero-order chi connectivity index (χ0) is 19.3. The van der Waals surface area contributed by atoms with Crippen LogP contribution in [0.2, 0.25) is 0 Å². The lowest BCUT2D eigenvalue weighted by atomic mass is 10.1. The van der Waals surface area contributed by atoms with Gasteiger partial charge in [-0.2, -0.15) is 5.26 Å². The Hall–Kier alpha value is -2.19. The Bertz CT molecular complexity index is 817. The van der Waals surface area contributed by atoms with Gasteiger partial charge in [0.15, 0.2) is 0 Å². The van der Waals surface area contributed by atoms with Crippen LogP contribution in [-0.4, -0.2) is 28.9 Å². The van der Waals surface area contributed by atoms with Crippen LogP contribution in [0, 0.1) is 38.0 Å². The van der Waals surface area contributed by atoms with Crippen molar-refractivity contribution in [3.8, 4) is 16.6 Å². The van der Waals surface area contributed by atoms with E-state index in [2.05, 4.69) is 56.9 Å². The van der Waals surface area contributed by atoms with Gasteiger partial charge in [0.05, 0.1) is 18.2 Å². The lowest BCUT2D eigenvalue weighted by Crippen LogP contribution is -2.33. The fourth-order valence-corrected chi connectivity index (χ4v) is 3.95. The molecule has 5 heteroatoms. The summed E-state index contributed by atoms with van der Waals surface area (Å²) in [6.07, 6.45) is 1.28. The molecule has 1 aromatic carbocycles. The van der Waals surface area contributed by atoms with E-state index in [4.69, 9.17) is 5.26 Å². The van der Waals surface area contributed by atoms with Crippen molar-refractivity contribution in [2.24, 2.45) is 5.92 Å². The number of rotatable bonds is 7. The number of carbonyl (C=O) groups is 1. The minimum atomic E-state index is -0.00749. The third-order valence-corrected chi connectivity index (χ3v) is 5.54. The molecule has 0 N–H and O–H groups in total. The molecule has 4 nitrogen and oxygen atoms in total. The number of nitriles is 1. The molecule has 0 aliphatic carbocycles. The summed E-state index contributed by atoms with van der Waals surface area (Å²) in [6.45, 7) is 11.5. The van der Waals surface area contributed by atoms with Gasteiger partial charge in [-0.15, -0.1) is 11.3 Å². The lowest BCUT2D eigenvalue weighted by Gasteiger charge is -2.22. The van der Waals surface area contributed by atoms with Gasteiger partial charge in [0.25, 0.3) is 5.91 Å². The van der Waals surface area contributed by atoms with Crippen molar-refractivity contribution in [2.75, 3.05) is 13.1 Å². The van der Waals surface area contributed by atoms with E-state index in [1.54, 1.807) is 4.90 Å². The average molecular weight is 370 g/mol. The van der Waals surface area contributed by atoms with Crippen molar-refractivity contribution in [2.45, 2.75) is 47.5 Å². The number of hydrogen-bond donors (Lipinski definition) is 0. The fourth-order valence-electron chi connectivity index (χ4n) is 2.82. The largest absolute Gasteiger partial charge is 0.337 e. The van der Waals surface area contributed by atoms with E-state index in [0.717, 1.165) is 22.7 Å². The molecule has 2 rings (SSSR count). The van der Waals surface area contributed by atoms with E-state index in [0.29, 0.717) is 30.3 Å². The lowest BCUT2D eigenvalue weighted by molar-refractivity contribution is 0.0756. The quantitative estimate of drug-likeness (QED) is 0.679. The Morgan fingerprint density at radius 3 is 2.62 bits per heavy atom. The van der Waals surface area contributed by atoms with E-state index >= 15 is 0 Å². The molecule has 1 amide bonds. The molecule has 1 heterocycles. The van der Waals surface area contributed by atoms with Crippen LogP contribution in [0.5, 0.6) is 0 Å². The molecular formula is C21H27N3OS. The van der Waals surface area contributed by atoms with Gasteiger partial charge in [-0.25, -0.2) is 4.98 Å². The van der Waals surface area contributed by atoms with Crippen molar-refractivity contribution < 1.29 is 4.79 Å². The van der Waals surface area contributed by atoms with Gasteiger partial charge >= 0.3 is 0 Å². The zero-order valence-electron chi connectivity index (χ0n) is 16.3. The molecule has 0 atom stereocenters. The topological polar surface area (TPSA) is 57.0 Å². The van der Waals surface area contributed by atoms with Gasteiger partial charge in [0, 0.05) is 18.7 Å². The summed E-state index contributed by atoms with van der Waals surface area (Å²) in [4.78, 5) is 20.2. The van der Waals surface area contributed by atoms with Gasteiger partial charge in [0.2, 0.25) is 0 Å². The van der Waals surface area contributed by atoms with E-state index in [9.17, 15) is 4.79 Å². The number of aromatic nitrogens is 1. The van der Waals surface area contributed by atoms with Crippen LogP contribution in [0.1, 0.15) is 53.2 Å². The molecule has 0 saturated carbocycles. The van der Waals surface area contributed by atoms with Crippen LogP contribution in [0.15, 0.2) is 18.2 Å². The summed E-state index contributed by atoms with van der Waals surface area (Å²) in [6, 6.07) is 8.42. The molecule has 0 spiro atoms. The first-order chi connectivity index (χ1) is 12.3. The Labute approximate surface area is 160 Å². The highest BCUT2D eigenvalue weighted by Crippen LogP contribution is 2.31. The summed E-state index contributed by atoms with van der Waals surface area (Å²) in [7, 11) is 0. The molecule has 0 aliphatic heterocycles. The van der Waals surface area contributed by atoms with Gasteiger partial charge in [-0.3, -0.25) is 4.79 Å².